The molecule has 0 radical (unpaired) electrons. The Bertz CT molecular complexity index is 552. The number of carbonyl (C=O) groups is 1. The van der Waals surface area contributed by atoms with E-state index in [-0.39, 0.29) is 0 Å². The van der Waals surface area contributed by atoms with Crippen molar-refractivity contribution in [2.45, 2.75) is 6.67 Å². The van der Waals surface area contributed by atoms with Crippen molar-refractivity contribution in [1.82, 2.24) is 0 Å². The lowest BCUT2D eigenvalue weighted by Crippen LogP contribution is -1.97. The molecule has 18 heavy (non-hydrogen) atoms. The van der Waals surface area contributed by atoms with Gasteiger partial charge in [-0.15, -0.1) is 0 Å². The Morgan fingerprint density at radius 2 is 1.78 bits per heavy atom. The molecule has 0 aliphatic heterocycles. The smallest absolute Gasteiger partial charge is 0.409 e. The topological polar surface area (TPSA) is 26.3 Å². The summed E-state index contributed by atoms with van der Waals surface area (Å²) in [6.07, 6.45) is 0. The third-order valence-electron chi connectivity index (χ3n) is 2.50. The maximum atomic E-state index is 12.4. The lowest BCUT2D eigenvalue weighted by Gasteiger charge is -2.08. The van der Waals surface area contributed by atoms with Crippen LogP contribution in [0.25, 0.3) is 11.1 Å². The molecule has 0 saturated carbocycles. The fourth-order valence-corrected chi connectivity index (χ4v) is 1.74. The van der Waals surface area contributed by atoms with Gasteiger partial charge in [-0.25, -0.2) is 9.18 Å². The first kappa shape index (κ1) is 12.6. The second-order valence-electron chi connectivity index (χ2n) is 3.67. The molecule has 0 N–H and O–H groups in total. The van der Waals surface area contributed by atoms with Crippen LogP contribution >= 0.6 is 11.6 Å². The Morgan fingerprint density at radius 1 is 1.11 bits per heavy atom. The van der Waals surface area contributed by atoms with Gasteiger partial charge in [0.25, 0.3) is 0 Å². The van der Waals surface area contributed by atoms with Crippen LogP contribution in [0.4, 0.5) is 9.18 Å². The van der Waals surface area contributed by atoms with Crippen molar-refractivity contribution >= 4 is 17.0 Å². The summed E-state index contributed by atoms with van der Waals surface area (Å²) in [5.41, 5.74) is 1.28. The first-order valence-electron chi connectivity index (χ1n) is 5.32. The van der Waals surface area contributed by atoms with E-state index in [1.54, 1.807) is 42.5 Å². The van der Waals surface area contributed by atoms with E-state index in [1.807, 2.05) is 6.07 Å². The standard InChI is InChI=1S/C14H10ClFO2/c15-14(17)18-13-4-2-1-3-12(13)11-7-5-10(9-16)6-8-11/h1-8H,9H2. The van der Waals surface area contributed by atoms with E-state index in [0.717, 1.165) is 11.1 Å². The maximum Gasteiger partial charge on any atom is 0.409 e. The Labute approximate surface area is 109 Å². The molecule has 2 nitrogen and oxygen atoms in total. The van der Waals surface area contributed by atoms with Crippen molar-refractivity contribution in [2.24, 2.45) is 0 Å². The second kappa shape index (κ2) is 5.65. The number of hydrogen-bond donors (Lipinski definition) is 0. The SMILES string of the molecule is O=C(Cl)Oc1ccccc1-c1ccc(CF)cc1. The Balaban J connectivity index is 2.39. The van der Waals surface area contributed by atoms with Gasteiger partial charge in [0.15, 0.2) is 0 Å². The zero-order chi connectivity index (χ0) is 13.0. The minimum atomic E-state index is -0.886. The summed E-state index contributed by atoms with van der Waals surface area (Å²) in [7, 11) is 0. The van der Waals surface area contributed by atoms with E-state index >= 15 is 0 Å². The largest absolute Gasteiger partial charge is 0.414 e. The molecule has 0 unspecified atom stereocenters. The van der Waals surface area contributed by atoms with Crippen LogP contribution in [0.2, 0.25) is 0 Å². The number of ether oxygens (including phenoxy) is 1. The van der Waals surface area contributed by atoms with Gasteiger partial charge in [0.05, 0.1) is 0 Å². The zero-order valence-corrected chi connectivity index (χ0v) is 10.2. The quantitative estimate of drug-likeness (QED) is 0.760. The molecule has 0 bridgehead atoms. The maximum absolute atomic E-state index is 12.4. The van der Waals surface area contributed by atoms with Gasteiger partial charge in [0, 0.05) is 17.2 Å². The van der Waals surface area contributed by atoms with E-state index < -0.39 is 12.1 Å². The molecule has 0 heterocycles. The van der Waals surface area contributed by atoms with Gasteiger partial charge in [-0.2, -0.15) is 0 Å². The molecule has 2 aromatic carbocycles. The molecule has 0 amide bonds. The van der Waals surface area contributed by atoms with E-state index in [1.165, 1.54) is 0 Å². The number of rotatable bonds is 3. The number of hydrogen-bond acceptors (Lipinski definition) is 2. The highest BCUT2D eigenvalue weighted by Crippen LogP contribution is 2.30. The predicted octanol–water partition coefficient (Wildman–Crippen LogP) is 4.56. The van der Waals surface area contributed by atoms with Crippen molar-refractivity contribution in [3.63, 3.8) is 0 Å². The van der Waals surface area contributed by atoms with Crippen LogP contribution in [-0.4, -0.2) is 5.43 Å². The number of carbonyl (C=O) groups excluding carboxylic acids is 1. The van der Waals surface area contributed by atoms with Gasteiger partial charge in [-0.1, -0.05) is 42.5 Å². The van der Waals surface area contributed by atoms with Crippen LogP contribution in [0.3, 0.4) is 0 Å². The average molecular weight is 265 g/mol. The minimum absolute atomic E-state index is 0.380. The molecule has 92 valence electrons. The summed E-state index contributed by atoms with van der Waals surface area (Å²) in [6, 6.07) is 14.0. The third-order valence-corrected chi connectivity index (χ3v) is 2.57. The molecule has 0 aromatic heterocycles. The molecular weight excluding hydrogens is 255 g/mol. The van der Waals surface area contributed by atoms with Crippen molar-refractivity contribution in [2.75, 3.05) is 0 Å². The van der Waals surface area contributed by atoms with Gasteiger partial charge in [0.1, 0.15) is 12.4 Å². The van der Waals surface area contributed by atoms with Gasteiger partial charge >= 0.3 is 5.43 Å². The Morgan fingerprint density at radius 3 is 2.39 bits per heavy atom. The first-order chi connectivity index (χ1) is 8.70. The third kappa shape index (κ3) is 2.87. The lowest BCUT2D eigenvalue weighted by molar-refractivity contribution is 0.226. The summed E-state index contributed by atoms with van der Waals surface area (Å²) >= 11 is 5.21. The van der Waals surface area contributed by atoms with Crippen molar-refractivity contribution < 1.29 is 13.9 Å². The van der Waals surface area contributed by atoms with Crippen LogP contribution in [0, 0.1) is 0 Å². The van der Waals surface area contributed by atoms with E-state index in [9.17, 15) is 9.18 Å². The highest BCUT2D eigenvalue weighted by molar-refractivity contribution is 6.61. The molecule has 0 saturated heterocycles. The molecule has 0 aliphatic carbocycles. The van der Waals surface area contributed by atoms with Gasteiger partial charge in [-0.05, 0) is 17.2 Å². The van der Waals surface area contributed by atoms with Gasteiger partial charge in [0.2, 0.25) is 0 Å². The second-order valence-corrected chi connectivity index (χ2v) is 3.98. The number of benzene rings is 2. The molecule has 0 spiro atoms. The monoisotopic (exact) mass is 264 g/mol. The molecule has 2 rings (SSSR count). The Kier molecular flexibility index (Phi) is 3.95. The molecule has 0 fully saturated rings. The van der Waals surface area contributed by atoms with Crippen LogP contribution in [0.15, 0.2) is 48.5 Å². The molecule has 0 aliphatic rings. The molecule has 2 aromatic rings. The van der Waals surface area contributed by atoms with Crippen molar-refractivity contribution in [3.8, 4) is 16.9 Å². The molecular formula is C14H10ClFO2. The number of para-hydroxylation sites is 1. The zero-order valence-electron chi connectivity index (χ0n) is 9.40. The number of halogens is 2. The van der Waals surface area contributed by atoms with Crippen LogP contribution in [0.1, 0.15) is 5.56 Å². The summed E-state index contributed by atoms with van der Waals surface area (Å²) in [5, 5.41) is 0. The summed E-state index contributed by atoms with van der Waals surface area (Å²) < 4.78 is 17.3. The predicted molar refractivity (Wildman–Crippen MR) is 68.6 cm³/mol. The minimum Gasteiger partial charge on any atom is -0.414 e. The van der Waals surface area contributed by atoms with E-state index in [0.29, 0.717) is 11.3 Å². The van der Waals surface area contributed by atoms with E-state index in [4.69, 9.17) is 16.3 Å². The van der Waals surface area contributed by atoms with Crippen LogP contribution in [-0.2, 0) is 6.67 Å². The van der Waals surface area contributed by atoms with Crippen LogP contribution < -0.4 is 4.74 Å². The number of alkyl halides is 1. The van der Waals surface area contributed by atoms with Crippen molar-refractivity contribution in [3.05, 3.63) is 54.1 Å². The fourth-order valence-electron chi connectivity index (χ4n) is 1.65. The first-order valence-corrected chi connectivity index (χ1v) is 5.70. The normalized spacial score (nSPS) is 10.1. The molecule has 0 atom stereocenters. The van der Waals surface area contributed by atoms with Crippen LogP contribution in [0.5, 0.6) is 5.75 Å². The highest BCUT2D eigenvalue weighted by Gasteiger charge is 2.08. The fraction of sp³-hybridized carbons (Fsp3) is 0.0714. The van der Waals surface area contributed by atoms with E-state index in [2.05, 4.69) is 0 Å². The Hall–Kier alpha value is -1.87. The summed E-state index contributed by atoms with van der Waals surface area (Å²) in [6.45, 7) is -0.501. The highest BCUT2D eigenvalue weighted by atomic mass is 35.5. The summed E-state index contributed by atoms with van der Waals surface area (Å²) in [5.74, 6) is 0.380. The molecule has 4 heteroatoms. The van der Waals surface area contributed by atoms with Gasteiger partial charge in [-0.3, -0.25) is 0 Å². The van der Waals surface area contributed by atoms with Gasteiger partial charge < -0.3 is 4.74 Å². The van der Waals surface area contributed by atoms with Crippen molar-refractivity contribution in [1.29, 1.82) is 0 Å². The average Bonchev–Trinajstić information content (AvgIpc) is 2.39. The lowest BCUT2D eigenvalue weighted by atomic mass is 10.0. The summed E-state index contributed by atoms with van der Waals surface area (Å²) in [4.78, 5) is 10.8.